The van der Waals surface area contributed by atoms with Crippen molar-refractivity contribution < 1.29 is 14.9 Å². The van der Waals surface area contributed by atoms with Gasteiger partial charge in [0.1, 0.15) is 0 Å². The molecule has 2 N–H and O–H groups in total. The Morgan fingerprint density at radius 1 is 1.19 bits per heavy atom. The molecular formula is C15H26N2O3S. The summed E-state index contributed by atoms with van der Waals surface area (Å²) in [5.74, 6) is 0. The largest absolute Gasteiger partial charge is 0.392 e. The smallest absolute Gasteiger partial charge is 0.0900 e. The third-order valence-corrected chi connectivity index (χ3v) is 4.44. The molecule has 0 saturated carbocycles. The molecule has 21 heavy (non-hydrogen) atoms. The van der Waals surface area contributed by atoms with Crippen molar-refractivity contribution in [2.75, 3.05) is 45.9 Å². The Kier molecular flexibility index (Phi) is 7.09. The number of rotatable bonds is 8. The summed E-state index contributed by atoms with van der Waals surface area (Å²) in [7, 11) is 0. The number of thiophene rings is 1. The first-order valence-corrected chi connectivity index (χ1v) is 8.42. The van der Waals surface area contributed by atoms with Gasteiger partial charge in [0.05, 0.1) is 25.4 Å². The maximum Gasteiger partial charge on any atom is 0.0900 e. The van der Waals surface area contributed by atoms with Crippen LogP contribution in [0.15, 0.2) is 17.5 Å². The highest BCUT2D eigenvalue weighted by Crippen LogP contribution is 2.10. The van der Waals surface area contributed by atoms with E-state index in [4.69, 9.17) is 4.74 Å². The van der Waals surface area contributed by atoms with Crippen LogP contribution in [-0.2, 0) is 11.3 Å². The lowest BCUT2D eigenvalue weighted by Gasteiger charge is -2.36. The van der Waals surface area contributed by atoms with Crippen LogP contribution >= 0.6 is 11.3 Å². The Hall–Kier alpha value is -0.500. The molecular weight excluding hydrogens is 288 g/mol. The van der Waals surface area contributed by atoms with Gasteiger partial charge in [-0.3, -0.25) is 9.80 Å². The molecule has 1 saturated heterocycles. The fraction of sp³-hybridized carbons (Fsp3) is 0.733. The number of hydrogen-bond acceptors (Lipinski definition) is 6. The van der Waals surface area contributed by atoms with Gasteiger partial charge < -0.3 is 14.9 Å². The molecule has 2 rings (SSSR count). The standard InChI is InChI=1S/C15H26N2O3S/c1-13(18)9-16-4-6-17(7-5-16)10-14(19)11-20-12-15-3-2-8-21-15/h2-3,8,13-14,18-19H,4-7,9-12H2,1H3. The summed E-state index contributed by atoms with van der Waals surface area (Å²) in [4.78, 5) is 5.72. The van der Waals surface area contributed by atoms with Crippen LogP contribution in [0.25, 0.3) is 0 Å². The zero-order chi connectivity index (χ0) is 15.1. The average molecular weight is 314 g/mol. The molecule has 5 nitrogen and oxygen atoms in total. The van der Waals surface area contributed by atoms with Gasteiger partial charge in [0.2, 0.25) is 0 Å². The number of hydrogen-bond donors (Lipinski definition) is 2. The number of ether oxygens (including phenoxy) is 1. The third-order valence-electron chi connectivity index (χ3n) is 3.59. The van der Waals surface area contributed by atoms with Crippen LogP contribution in [0.4, 0.5) is 0 Å². The lowest BCUT2D eigenvalue weighted by Crippen LogP contribution is -2.50. The van der Waals surface area contributed by atoms with E-state index in [1.54, 1.807) is 11.3 Å². The predicted molar refractivity (Wildman–Crippen MR) is 84.5 cm³/mol. The Labute approximate surface area is 130 Å². The van der Waals surface area contributed by atoms with Gasteiger partial charge in [-0.15, -0.1) is 11.3 Å². The summed E-state index contributed by atoms with van der Waals surface area (Å²) >= 11 is 1.67. The van der Waals surface area contributed by atoms with Crippen molar-refractivity contribution >= 4 is 11.3 Å². The highest BCUT2D eigenvalue weighted by atomic mass is 32.1. The van der Waals surface area contributed by atoms with Crippen LogP contribution in [0.3, 0.4) is 0 Å². The van der Waals surface area contributed by atoms with Crippen molar-refractivity contribution in [1.29, 1.82) is 0 Å². The van der Waals surface area contributed by atoms with E-state index in [-0.39, 0.29) is 6.10 Å². The van der Waals surface area contributed by atoms with E-state index in [0.717, 1.165) is 32.7 Å². The fourth-order valence-electron chi connectivity index (χ4n) is 2.57. The van der Waals surface area contributed by atoms with Gasteiger partial charge >= 0.3 is 0 Å². The van der Waals surface area contributed by atoms with Gasteiger partial charge in [-0.2, -0.15) is 0 Å². The molecule has 1 aliphatic rings. The number of piperazine rings is 1. The third kappa shape index (κ3) is 6.42. The van der Waals surface area contributed by atoms with E-state index in [0.29, 0.717) is 19.8 Å². The maximum atomic E-state index is 10.0. The van der Waals surface area contributed by atoms with E-state index in [1.807, 2.05) is 24.4 Å². The zero-order valence-corrected chi connectivity index (χ0v) is 13.5. The first-order valence-electron chi connectivity index (χ1n) is 7.54. The Morgan fingerprint density at radius 3 is 2.43 bits per heavy atom. The highest BCUT2D eigenvalue weighted by molar-refractivity contribution is 7.09. The number of aliphatic hydroxyl groups excluding tert-OH is 2. The summed E-state index contributed by atoms with van der Waals surface area (Å²) in [6.07, 6.45) is -0.707. The van der Waals surface area contributed by atoms with Gasteiger partial charge in [-0.25, -0.2) is 0 Å². The summed E-state index contributed by atoms with van der Waals surface area (Å²) in [6, 6.07) is 4.05. The van der Waals surface area contributed by atoms with Gasteiger partial charge in [0, 0.05) is 44.1 Å². The summed E-state index contributed by atoms with van der Waals surface area (Å²) in [5.41, 5.74) is 0. The monoisotopic (exact) mass is 314 g/mol. The normalized spacial score (nSPS) is 20.5. The molecule has 1 aliphatic heterocycles. The maximum absolute atomic E-state index is 10.0. The molecule has 2 unspecified atom stereocenters. The Balaban J connectivity index is 1.57. The molecule has 0 amide bonds. The van der Waals surface area contributed by atoms with Gasteiger partial charge in [-0.05, 0) is 18.4 Å². The van der Waals surface area contributed by atoms with Gasteiger partial charge in [0.25, 0.3) is 0 Å². The highest BCUT2D eigenvalue weighted by Gasteiger charge is 2.19. The van der Waals surface area contributed by atoms with Crippen molar-refractivity contribution in [3.8, 4) is 0 Å². The summed E-state index contributed by atoms with van der Waals surface area (Å²) in [5, 5.41) is 21.4. The molecule has 0 aliphatic carbocycles. The van der Waals surface area contributed by atoms with E-state index < -0.39 is 6.10 Å². The van der Waals surface area contributed by atoms with Crippen LogP contribution in [0.1, 0.15) is 11.8 Å². The number of aliphatic hydroxyl groups is 2. The molecule has 0 bridgehead atoms. The Bertz CT molecular complexity index is 378. The summed E-state index contributed by atoms with van der Waals surface area (Å²) in [6.45, 7) is 7.96. The molecule has 0 spiro atoms. The van der Waals surface area contributed by atoms with Crippen LogP contribution in [0.5, 0.6) is 0 Å². The topological polar surface area (TPSA) is 56.2 Å². The van der Waals surface area contributed by atoms with E-state index in [9.17, 15) is 10.2 Å². The van der Waals surface area contributed by atoms with Crippen molar-refractivity contribution in [3.63, 3.8) is 0 Å². The fourth-order valence-corrected chi connectivity index (χ4v) is 3.21. The predicted octanol–water partition coefficient (Wildman–Crippen LogP) is 0.624. The molecule has 6 heteroatoms. The van der Waals surface area contributed by atoms with Crippen molar-refractivity contribution in [1.82, 2.24) is 9.80 Å². The average Bonchev–Trinajstić information content (AvgIpc) is 2.93. The second kappa shape index (κ2) is 8.82. The second-order valence-electron chi connectivity index (χ2n) is 5.70. The molecule has 1 aromatic heterocycles. The minimum absolute atomic E-state index is 0.271. The van der Waals surface area contributed by atoms with E-state index in [1.165, 1.54) is 4.88 Å². The Morgan fingerprint density at radius 2 is 1.86 bits per heavy atom. The zero-order valence-electron chi connectivity index (χ0n) is 12.6. The quantitative estimate of drug-likeness (QED) is 0.737. The molecule has 0 aromatic carbocycles. The lowest BCUT2D eigenvalue weighted by atomic mass is 10.2. The van der Waals surface area contributed by atoms with Crippen molar-refractivity contribution in [3.05, 3.63) is 22.4 Å². The molecule has 2 atom stereocenters. The van der Waals surface area contributed by atoms with Crippen molar-refractivity contribution in [2.45, 2.75) is 25.7 Å². The van der Waals surface area contributed by atoms with Gasteiger partial charge in [0.15, 0.2) is 0 Å². The minimum Gasteiger partial charge on any atom is -0.392 e. The SMILES string of the molecule is CC(O)CN1CCN(CC(O)COCc2cccs2)CC1. The number of β-amino-alcohol motifs (C(OH)–C–C–N with tert-alkyl or cyclic N) is 2. The van der Waals surface area contributed by atoms with Crippen molar-refractivity contribution in [2.24, 2.45) is 0 Å². The molecule has 1 fully saturated rings. The molecule has 0 radical (unpaired) electrons. The van der Waals surface area contributed by atoms with E-state index >= 15 is 0 Å². The van der Waals surface area contributed by atoms with E-state index in [2.05, 4.69) is 9.80 Å². The lowest BCUT2D eigenvalue weighted by molar-refractivity contribution is -0.000814. The first kappa shape index (κ1) is 16.9. The van der Waals surface area contributed by atoms with Gasteiger partial charge in [-0.1, -0.05) is 6.07 Å². The first-order chi connectivity index (χ1) is 10.1. The molecule has 1 aromatic rings. The molecule has 120 valence electrons. The minimum atomic E-state index is -0.437. The van der Waals surface area contributed by atoms with Crippen LogP contribution in [0.2, 0.25) is 0 Å². The second-order valence-corrected chi connectivity index (χ2v) is 6.73. The molecule has 2 heterocycles. The summed E-state index contributed by atoms with van der Waals surface area (Å²) < 4.78 is 5.55. The van der Waals surface area contributed by atoms with Crippen LogP contribution in [-0.4, -0.2) is 78.1 Å². The number of nitrogens with zero attached hydrogens (tertiary/aromatic N) is 2. The van der Waals surface area contributed by atoms with Crippen LogP contribution < -0.4 is 0 Å². The van der Waals surface area contributed by atoms with Crippen LogP contribution in [0, 0.1) is 0 Å².